The predicted molar refractivity (Wildman–Crippen MR) is 75.4 cm³/mol. The second kappa shape index (κ2) is 7.61. The Labute approximate surface area is 119 Å². The molecule has 0 atom stereocenters. The Morgan fingerprint density at radius 2 is 2.00 bits per heavy atom. The average Bonchev–Trinajstić information content (AvgIpc) is 2.42. The van der Waals surface area contributed by atoms with Crippen LogP contribution in [0.15, 0.2) is 18.2 Å². The summed E-state index contributed by atoms with van der Waals surface area (Å²) < 4.78 is 13.8. The molecule has 0 unspecified atom stereocenters. The summed E-state index contributed by atoms with van der Waals surface area (Å²) in [7, 11) is 1.78. The third-order valence-electron chi connectivity index (χ3n) is 3.14. The molecule has 5 heteroatoms. The summed E-state index contributed by atoms with van der Waals surface area (Å²) in [5.74, 6) is -0.377. The number of benzene rings is 1. The number of carbonyl (C=O) groups excluding carboxylic acids is 1. The Morgan fingerprint density at radius 1 is 1.35 bits per heavy atom. The molecule has 0 spiro atoms. The molecule has 0 fully saturated rings. The van der Waals surface area contributed by atoms with Crippen LogP contribution >= 0.6 is 0 Å². The Morgan fingerprint density at radius 3 is 2.50 bits per heavy atom. The maximum atomic E-state index is 13.8. The zero-order valence-corrected chi connectivity index (χ0v) is 12.2. The molecular formula is C15H20FN3O. The molecule has 108 valence electrons. The van der Waals surface area contributed by atoms with Crippen molar-refractivity contribution in [2.75, 3.05) is 26.7 Å². The molecule has 1 rings (SSSR count). The van der Waals surface area contributed by atoms with Crippen molar-refractivity contribution in [1.82, 2.24) is 9.80 Å². The van der Waals surface area contributed by atoms with E-state index in [0.29, 0.717) is 30.8 Å². The van der Waals surface area contributed by atoms with Crippen LogP contribution in [-0.2, 0) is 11.3 Å². The normalized spacial score (nSPS) is 10.4. The molecule has 0 heterocycles. The van der Waals surface area contributed by atoms with E-state index in [1.807, 2.05) is 19.9 Å². The lowest BCUT2D eigenvalue weighted by Gasteiger charge is -2.23. The van der Waals surface area contributed by atoms with Crippen molar-refractivity contribution in [1.29, 1.82) is 5.26 Å². The SMILES string of the molecule is CCN(CC)C(=O)CN(C)Cc1ccc(C#N)cc1F. The van der Waals surface area contributed by atoms with Gasteiger partial charge in [0.1, 0.15) is 5.82 Å². The first-order valence-electron chi connectivity index (χ1n) is 6.66. The van der Waals surface area contributed by atoms with Crippen LogP contribution < -0.4 is 0 Å². The lowest BCUT2D eigenvalue weighted by Crippen LogP contribution is -2.38. The number of carbonyl (C=O) groups is 1. The molecule has 1 aromatic carbocycles. The van der Waals surface area contributed by atoms with Crippen LogP contribution in [-0.4, -0.2) is 42.4 Å². The van der Waals surface area contributed by atoms with Crippen LogP contribution in [0.4, 0.5) is 4.39 Å². The third kappa shape index (κ3) is 4.32. The number of hydrogen-bond acceptors (Lipinski definition) is 3. The largest absolute Gasteiger partial charge is 0.342 e. The molecule has 0 bridgehead atoms. The summed E-state index contributed by atoms with van der Waals surface area (Å²) in [4.78, 5) is 15.4. The molecule has 0 aliphatic carbocycles. The van der Waals surface area contributed by atoms with Gasteiger partial charge in [-0.05, 0) is 33.0 Å². The molecule has 20 heavy (non-hydrogen) atoms. The monoisotopic (exact) mass is 277 g/mol. The second-order valence-corrected chi connectivity index (χ2v) is 4.66. The van der Waals surface area contributed by atoms with Crippen molar-refractivity contribution in [2.45, 2.75) is 20.4 Å². The van der Waals surface area contributed by atoms with Gasteiger partial charge in [0.25, 0.3) is 0 Å². The average molecular weight is 277 g/mol. The van der Waals surface area contributed by atoms with Crippen molar-refractivity contribution < 1.29 is 9.18 Å². The van der Waals surface area contributed by atoms with E-state index in [0.717, 1.165) is 0 Å². The molecule has 4 nitrogen and oxygen atoms in total. The van der Waals surface area contributed by atoms with Gasteiger partial charge in [-0.2, -0.15) is 5.26 Å². The van der Waals surface area contributed by atoms with Crippen LogP contribution in [0.3, 0.4) is 0 Å². The molecule has 0 N–H and O–H groups in total. The van der Waals surface area contributed by atoms with Crippen molar-refractivity contribution in [3.63, 3.8) is 0 Å². The van der Waals surface area contributed by atoms with Crippen molar-refractivity contribution in [3.8, 4) is 6.07 Å². The van der Waals surface area contributed by atoms with Crippen LogP contribution in [0.1, 0.15) is 25.0 Å². The van der Waals surface area contributed by atoms with Crippen molar-refractivity contribution in [2.24, 2.45) is 0 Å². The molecule has 1 amide bonds. The van der Waals surface area contributed by atoms with Gasteiger partial charge in [0.05, 0.1) is 18.2 Å². The van der Waals surface area contributed by atoms with E-state index in [4.69, 9.17) is 5.26 Å². The zero-order chi connectivity index (χ0) is 15.1. The van der Waals surface area contributed by atoms with E-state index in [1.54, 1.807) is 29.0 Å². The van der Waals surface area contributed by atoms with Gasteiger partial charge >= 0.3 is 0 Å². The van der Waals surface area contributed by atoms with E-state index in [-0.39, 0.29) is 12.5 Å². The number of nitriles is 1. The van der Waals surface area contributed by atoms with Crippen molar-refractivity contribution >= 4 is 5.91 Å². The highest BCUT2D eigenvalue weighted by molar-refractivity contribution is 5.78. The molecule has 1 aromatic rings. The lowest BCUT2D eigenvalue weighted by atomic mass is 10.1. The number of halogens is 1. The van der Waals surface area contributed by atoms with Gasteiger partial charge < -0.3 is 4.90 Å². The van der Waals surface area contributed by atoms with Crippen molar-refractivity contribution in [3.05, 3.63) is 35.1 Å². The maximum Gasteiger partial charge on any atom is 0.236 e. The molecular weight excluding hydrogens is 257 g/mol. The first-order valence-corrected chi connectivity index (χ1v) is 6.66. The van der Waals surface area contributed by atoms with E-state index in [2.05, 4.69) is 0 Å². The van der Waals surface area contributed by atoms with E-state index in [1.165, 1.54) is 6.07 Å². The van der Waals surface area contributed by atoms with E-state index < -0.39 is 5.82 Å². The van der Waals surface area contributed by atoms with E-state index in [9.17, 15) is 9.18 Å². The Balaban J connectivity index is 2.65. The fourth-order valence-electron chi connectivity index (χ4n) is 2.00. The van der Waals surface area contributed by atoms with Crippen LogP contribution in [0, 0.1) is 17.1 Å². The standard InChI is InChI=1S/C15H20FN3O/c1-4-19(5-2)15(20)11-18(3)10-13-7-6-12(9-17)8-14(13)16/h6-8H,4-5,10-11H2,1-3H3. The van der Waals surface area contributed by atoms with E-state index >= 15 is 0 Å². The molecule has 0 aromatic heterocycles. The van der Waals surface area contributed by atoms with Gasteiger partial charge in [0, 0.05) is 25.2 Å². The van der Waals surface area contributed by atoms with Crippen LogP contribution in [0.5, 0.6) is 0 Å². The summed E-state index contributed by atoms with van der Waals surface area (Å²) in [6.07, 6.45) is 0. The van der Waals surface area contributed by atoms with Gasteiger partial charge in [-0.1, -0.05) is 6.07 Å². The smallest absolute Gasteiger partial charge is 0.236 e. The first-order chi connectivity index (χ1) is 9.51. The fourth-order valence-corrected chi connectivity index (χ4v) is 2.00. The van der Waals surface area contributed by atoms with Gasteiger partial charge in [0.15, 0.2) is 0 Å². The minimum atomic E-state index is -0.411. The van der Waals surface area contributed by atoms with Gasteiger partial charge in [0.2, 0.25) is 5.91 Å². The summed E-state index contributed by atoms with van der Waals surface area (Å²) >= 11 is 0. The maximum absolute atomic E-state index is 13.8. The third-order valence-corrected chi connectivity index (χ3v) is 3.14. The van der Waals surface area contributed by atoms with Crippen LogP contribution in [0.2, 0.25) is 0 Å². The molecule has 0 aliphatic heterocycles. The quantitative estimate of drug-likeness (QED) is 0.799. The van der Waals surface area contributed by atoms with Gasteiger partial charge in [-0.25, -0.2) is 4.39 Å². The number of likely N-dealkylation sites (N-methyl/N-ethyl adjacent to an activating group) is 2. The molecule has 0 radical (unpaired) electrons. The minimum absolute atomic E-state index is 0.0338. The van der Waals surface area contributed by atoms with Gasteiger partial charge in [-0.15, -0.1) is 0 Å². The summed E-state index contributed by atoms with van der Waals surface area (Å²) in [6.45, 7) is 5.80. The highest BCUT2D eigenvalue weighted by Crippen LogP contribution is 2.12. The number of hydrogen-bond donors (Lipinski definition) is 0. The summed E-state index contributed by atoms with van der Waals surface area (Å²) in [5, 5.41) is 8.69. The predicted octanol–water partition coefficient (Wildman–Crippen LogP) is 2.00. The number of rotatable bonds is 6. The highest BCUT2D eigenvalue weighted by Gasteiger charge is 2.14. The minimum Gasteiger partial charge on any atom is -0.342 e. The first kappa shape index (κ1) is 16.1. The fraction of sp³-hybridized carbons (Fsp3) is 0.467. The zero-order valence-electron chi connectivity index (χ0n) is 12.2. The topological polar surface area (TPSA) is 47.3 Å². The Kier molecular flexibility index (Phi) is 6.13. The Hall–Kier alpha value is -1.93. The highest BCUT2D eigenvalue weighted by atomic mass is 19.1. The lowest BCUT2D eigenvalue weighted by molar-refractivity contribution is -0.131. The number of amides is 1. The summed E-state index contributed by atoms with van der Waals surface area (Å²) in [6, 6.07) is 6.29. The van der Waals surface area contributed by atoms with Gasteiger partial charge in [-0.3, -0.25) is 9.69 Å². The Bertz CT molecular complexity index is 506. The second-order valence-electron chi connectivity index (χ2n) is 4.66. The molecule has 0 saturated carbocycles. The van der Waals surface area contributed by atoms with Crippen LogP contribution in [0.25, 0.3) is 0 Å². The molecule has 0 aliphatic rings. The summed E-state index contributed by atoms with van der Waals surface area (Å²) in [5.41, 5.74) is 0.784. The number of nitrogens with zero attached hydrogens (tertiary/aromatic N) is 3. The molecule has 0 saturated heterocycles.